The van der Waals surface area contributed by atoms with Gasteiger partial charge >= 0.3 is 0 Å². The quantitative estimate of drug-likeness (QED) is 0.847. The summed E-state index contributed by atoms with van der Waals surface area (Å²) in [4.78, 5) is 4.31. The van der Waals surface area contributed by atoms with E-state index in [1.165, 1.54) is 0 Å². The number of hydrogen-bond acceptors (Lipinski definition) is 3. The average molecular weight is 227 g/mol. The number of hydrogen-bond donors (Lipinski definition) is 2. The smallest absolute Gasteiger partial charge is 0.125 e. The van der Waals surface area contributed by atoms with Gasteiger partial charge in [-0.05, 0) is 29.7 Å². The molecular formula is C14H17N3. The Labute approximate surface area is 102 Å². The lowest BCUT2D eigenvalue weighted by atomic mass is 9.97. The van der Waals surface area contributed by atoms with Crippen LogP contribution < -0.4 is 11.1 Å². The van der Waals surface area contributed by atoms with Crippen molar-refractivity contribution in [3.8, 4) is 0 Å². The molecule has 0 bridgehead atoms. The summed E-state index contributed by atoms with van der Waals surface area (Å²) in [6, 6.07) is 12.0. The van der Waals surface area contributed by atoms with Gasteiger partial charge in [-0.25, -0.2) is 4.98 Å². The van der Waals surface area contributed by atoms with Gasteiger partial charge in [0.1, 0.15) is 5.82 Å². The van der Waals surface area contributed by atoms with Crippen LogP contribution in [0, 0.1) is 6.92 Å². The summed E-state index contributed by atoms with van der Waals surface area (Å²) in [6.45, 7) is 2.06. The molecule has 1 heterocycles. The van der Waals surface area contributed by atoms with E-state index in [2.05, 4.69) is 17.2 Å². The van der Waals surface area contributed by atoms with Crippen LogP contribution in [-0.4, -0.2) is 12.0 Å². The zero-order chi connectivity index (χ0) is 12.3. The van der Waals surface area contributed by atoms with Crippen LogP contribution in [0.4, 0.5) is 5.82 Å². The number of anilines is 1. The van der Waals surface area contributed by atoms with Crippen LogP contribution in [-0.2, 0) is 0 Å². The molecule has 0 aliphatic rings. The van der Waals surface area contributed by atoms with E-state index in [1.54, 1.807) is 0 Å². The standard InChI is InChI=1S/C14H17N3/c1-10-8-13(16-2)17-9-12(10)14(15)11-6-4-3-5-7-11/h3-9,14H,15H2,1-2H3,(H,16,17)/t14-/m1/s1. The molecule has 0 amide bonds. The highest BCUT2D eigenvalue weighted by Gasteiger charge is 2.11. The molecule has 2 aromatic rings. The summed E-state index contributed by atoms with van der Waals surface area (Å²) in [5.41, 5.74) is 9.57. The number of benzene rings is 1. The fourth-order valence-corrected chi connectivity index (χ4v) is 1.87. The third kappa shape index (κ3) is 2.45. The molecule has 0 saturated heterocycles. The predicted octanol–water partition coefficient (Wildman–Crippen LogP) is 2.48. The van der Waals surface area contributed by atoms with Crippen molar-refractivity contribution in [1.29, 1.82) is 0 Å². The molecule has 1 aromatic carbocycles. The second-order valence-corrected chi connectivity index (χ2v) is 4.06. The zero-order valence-corrected chi connectivity index (χ0v) is 10.1. The first-order chi connectivity index (χ1) is 8.22. The molecule has 17 heavy (non-hydrogen) atoms. The van der Waals surface area contributed by atoms with E-state index in [9.17, 15) is 0 Å². The van der Waals surface area contributed by atoms with E-state index >= 15 is 0 Å². The molecule has 88 valence electrons. The number of rotatable bonds is 3. The molecule has 2 rings (SSSR count). The van der Waals surface area contributed by atoms with Gasteiger partial charge in [-0.3, -0.25) is 0 Å². The lowest BCUT2D eigenvalue weighted by Gasteiger charge is -2.15. The third-order valence-corrected chi connectivity index (χ3v) is 2.90. The molecule has 1 aromatic heterocycles. The summed E-state index contributed by atoms with van der Waals surface area (Å²) >= 11 is 0. The maximum absolute atomic E-state index is 6.25. The van der Waals surface area contributed by atoms with Crippen molar-refractivity contribution < 1.29 is 0 Å². The Morgan fingerprint density at radius 1 is 1.24 bits per heavy atom. The molecule has 3 N–H and O–H groups in total. The van der Waals surface area contributed by atoms with Crippen molar-refractivity contribution in [3.05, 3.63) is 59.3 Å². The average Bonchev–Trinajstić information content (AvgIpc) is 2.39. The van der Waals surface area contributed by atoms with Crippen LogP contribution >= 0.6 is 0 Å². The number of nitrogens with two attached hydrogens (primary N) is 1. The SMILES string of the molecule is CNc1cc(C)c([C@H](N)c2ccccc2)cn1. The Morgan fingerprint density at radius 2 is 1.94 bits per heavy atom. The normalized spacial score (nSPS) is 12.2. The van der Waals surface area contributed by atoms with Crippen molar-refractivity contribution >= 4 is 5.82 Å². The Bertz CT molecular complexity index is 494. The zero-order valence-electron chi connectivity index (χ0n) is 10.1. The van der Waals surface area contributed by atoms with E-state index < -0.39 is 0 Å². The van der Waals surface area contributed by atoms with Crippen LogP contribution in [0.15, 0.2) is 42.6 Å². The molecular weight excluding hydrogens is 210 g/mol. The molecule has 3 heteroatoms. The highest BCUT2D eigenvalue weighted by atomic mass is 14.9. The second-order valence-electron chi connectivity index (χ2n) is 4.06. The molecule has 0 unspecified atom stereocenters. The highest BCUT2D eigenvalue weighted by Crippen LogP contribution is 2.23. The van der Waals surface area contributed by atoms with Crippen LogP contribution in [0.2, 0.25) is 0 Å². The molecule has 0 saturated carbocycles. The van der Waals surface area contributed by atoms with E-state index in [0.29, 0.717) is 0 Å². The van der Waals surface area contributed by atoms with Crippen molar-refractivity contribution in [2.24, 2.45) is 5.73 Å². The molecule has 0 radical (unpaired) electrons. The fraction of sp³-hybridized carbons (Fsp3) is 0.214. The summed E-state index contributed by atoms with van der Waals surface area (Å²) < 4.78 is 0. The minimum Gasteiger partial charge on any atom is -0.373 e. The summed E-state index contributed by atoms with van der Waals surface area (Å²) in [6.07, 6.45) is 1.85. The Hall–Kier alpha value is -1.87. The summed E-state index contributed by atoms with van der Waals surface area (Å²) in [7, 11) is 1.86. The molecule has 3 nitrogen and oxygen atoms in total. The van der Waals surface area contributed by atoms with E-state index in [0.717, 1.165) is 22.5 Å². The maximum Gasteiger partial charge on any atom is 0.125 e. The van der Waals surface area contributed by atoms with Gasteiger partial charge in [0.2, 0.25) is 0 Å². The van der Waals surface area contributed by atoms with Gasteiger partial charge in [0.15, 0.2) is 0 Å². The first kappa shape index (κ1) is 11.6. The summed E-state index contributed by atoms with van der Waals surface area (Å²) in [5.74, 6) is 0.867. The molecule has 0 spiro atoms. The predicted molar refractivity (Wildman–Crippen MR) is 71.0 cm³/mol. The van der Waals surface area contributed by atoms with Gasteiger partial charge in [-0.2, -0.15) is 0 Å². The van der Waals surface area contributed by atoms with Crippen molar-refractivity contribution in [2.75, 3.05) is 12.4 Å². The largest absolute Gasteiger partial charge is 0.373 e. The first-order valence-corrected chi connectivity index (χ1v) is 5.67. The van der Waals surface area contributed by atoms with Crippen molar-refractivity contribution in [2.45, 2.75) is 13.0 Å². The maximum atomic E-state index is 6.25. The summed E-state index contributed by atoms with van der Waals surface area (Å²) in [5, 5.41) is 3.02. The number of aryl methyl sites for hydroxylation is 1. The first-order valence-electron chi connectivity index (χ1n) is 5.67. The topological polar surface area (TPSA) is 50.9 Å². The van der Waals surface area contributed by atoms with E-state index in [4.69, 9.17) is 5.73 Å². The Morgan fingerprint density at radius 3 is 2.53 bits per heavy atom. The number of aromatic nitrogens is 1. The van der Waals surface area contributed by atoms with Crippen LogP contribution in [0.5, 0.6) is 0 Å². The number of nitrogens with one attached hydrogen (secondary N) is 1. The van der Waals surface area contributed by atoms with E-state index in [1.807, 2.05) is 49.6 Å². The minimum absolute atomic E-state index is 0.116. The lowest BCUT2D eigenvalue weighted by molar-refractivity contribution is 0.853. The van der Waals surface area contributed by atoms with Gasteiger partial charge in [-0.15, -0.1) is 0 Å². The Balaban J connectivity index is 2.34. The van der Waals surface area contributed by atoms with Crippen LogP contribution in [0.3, 0.4) is 0 Å². The molecule has 1 atom stereocenters. The van der Waals surface area contributed by atoms with Crippen molar-refractivity contribution in [3.63, 3.8) is 0 Å². The molecule has 0 aliphatic carbocycles. The molecule has 0 aliphatic heterocycles. The number of pyridine rings is 1. The Kier molecular flexibility index (Phi) is 3.40. The molecule has 0 fully saturated rings. The lowest BCUT2D eigenvalue weighted by Crippen LogP contribution is -2.13. The van der Waals surface area contributed by atoms with Gasteiger partial charge in [0.05, 0.1) is 6.04 Å². The van der Waals surface area contributed by atoms with Crippen LogP contribution in [0.25, 0.3) is 0 Å². The third-order valence-electron chi connectivity index (χ3n) is 2.90. The fourth-order valence-electron chi connectivity index (χ4n) is 1.87. The second kappa shape index (κ2) is 4.97. The highest BCUT2D eigenvalue weighted by molar-refractivity contribution is 5.43. The van der Waals surface area contributed by atoms with Gasteiger partial charge in [-0.1, -0.05) is 30.3 Å². The van der Waals surface area contributed by atoms with E-state index in [-0.39, 0.29) is 6.04 Å². The van der Waals surface area contributed by atoms with Crippen molar-refractivity contribution in [1.82, 2.24) is 4.98 Å². The monoisotopic (exact) mass is 227 g/mol. The van der Waals surface area contributed by atoms with Gasteiger partial charge < -0.3 is 11.1 Å². The minimum atomic E-state index is -0.116. The van der Waals surface area contributed by atoms with Gasteiger partial charge in [0, 0.05) is 13.2 Å². The van der Waals surface area contributed by atoms with Gasteiger partial charge in [0.25, 0.3) is 0 Å². The number of nitrogens with zero attached hydrogens (tertiary/aromatic N) is 1. The van der Waals surface area contributed by atoms with Crippen LogP contribution in [0.1, 0.15) is 22.7 Å².